The van der Waals surface area contributed by atoms with Crippen molar-refractivity contribution in [1.29, 1.82) is 0 Å². The number of carbonyl (C=O) groups is 3. The first-order valence-electron chi connectivity index (χ1n) is 7.06. The normalized spacial score (nSPS) is 16.4. The molecule has 2 aromatic rings. The standard InChI is InChI=1S/C17H12N2O3/c20-15-11-6-3-7-14(10(11)8-9-18-15)19-16(21)12-4-1-2-5-13(12)17(19)22/h1-7H,8-9H2,(H,18,20). The third-order valence-corrected chi connectivity index (χ3v) is 4.09. The Balaban J connectivity index is 1.88. The molecule has 0 aliphatic carbocycles. The van der Waals surface area contributed by atoms with E-state index in [1.54, 1.807) is 42.5 Å². The van der Waals surface area contributed by atoms with Crippen LogP contribution in [-0.4, -0.2) is 24.3 Å². The topological polar surface area (TPSA) is 66.5 Å². The van der Waals surface area contributed by atoms with Crippen LogP contribution in [0.5, 0.6) is 0 Å². The molecular formula is C17H12N2O3. The molecule has 4 rings (SSSR count). The van der Waals surface area contributed by atoms with Gasteiger partial charge in [-0.3, -0.25) is 14.4 Å². The fourth-order valence-corrected chi connectivity index (χ4v) is 3.06. The number of fused-ring (bicyclic) bond motifs is 2. The lowest BCUT2D eigenvalue weighted by molar-refractivity contribution is 0.0916. The summed E-state index contributed by atoms with van der Waals surface area (Å²) in [6.45, 7) is 0.506. The van der Waals surface area contributed by atoms with Crippen molar-refractivity contribution in [2.24, 2.45) is 0 Å². The van der Waals surface area contributed by atoms with Crippen molar-refractivity contribution in [2.75, 3.05) is 11.4 Å². The molecule has 1 N–H and O–H groups in total. The number of hydrogen-bond acceptors (Lipinski definition) is 3. The Morgan fingerprint density at radius 2 is 1.45 bits per heavy atom. The van der Waals surface area contributed by atoms with Crippen LogP contribution in [0.4, 0.5) is 5.69 Å². The van der Waals surface area contributed by atoms with E-state index >= 15 is 0 Å². The largest absolute Gasteiger partial charge is 0.352 e. The quantitative estimate of drug-likeness (QED) is 0.815. The highest BCUT2D eigenvalue weighted by Gasteiger charge is 2.38. The summed E-state index contributed by atoms with van der Waals surface area (Å²) in [6, 6.07) is 11.9. The van der Waals surface area contributed by atoms with Crippen molar-refractivity contribution < 1.29 is 14.4 Å². The molecule has 3 amide bonds. The number of hydrogen-bond donors (Lipinski definition) is 1. The molecule has 5 heteroatoms. The van der Waals surface area contributed by atoms with Crippen LogP contribution < -0.4 is 10.2 Å². The molecule has 2 aromatic carbocycles. The van der Waals surface area contributed by atoms with E-state index < -0.39 is 0 Å². The number of benzene rings is 2. The maximum Gasteiger partial charge on any atom is 0.266 e. The second-order valence-electron chi connectivity index (χ2n) is 5.30. The van der Waals surface area contributed by atoms with Crippen molar-refractivity contribution in [3.05, 3.63) is 64.7 Å². The van der Waals surface area contributed by atoms with Gasteiger partial charge in [0.25, 0.3) is 17.7 Å². The van der Waals surface area contributed by atoms with Crippen LogP contribution in [0, 0.1) is 0 Å². The lowest BCUT2D eigenvalue weighted by Crippen LogP contribution is -2.35. The molecular weight excluding hydrogens is 280 g/mol. The molecule has 0 spiro atoms. The average Bonchev–Trinajstić information content (AvgIpc) is 2.80. The molecule has 0 unspecified atom stereocenters. The first kappa shape index (κ1) is 12.8. The highest BCUT2D eigenvalue weighted by Crippen LogP contribution is 2.33. The van der Waals surface area contributed by atoms with E-state index in [2.05, 4.69) is 5.32 Å². The summed E-state index contributed by atoms with van der Waals surface area (Å²) in [6.07, 6.45) is 0.602. The number of amides is 3. The zero-order valence-electron chi connectivity index (χ0n) is 11.6. The maximum atomic E-state index is 12.6. The summed E-state index contributed by atoms with van der Waals surface area (Å²) in [4.78, 5) is 38.3. The number of carbonyl (C=O) groups excluding carboxylic acids is 3. The van der Waals surface area contributed by atoms with Gasteiger partial charge in [-0.15, -0.1) is 0 Å². The molecule has 0 aromatic heterocycles. The van der Waals surface area contributed by atoms with E-state index in [0.29, 0.717) is 35.3 Å². The van der Waals surface area contributed by atoms with Gasteiger partial charge >= 0.3 is 0 Å². The zero-order valence-corrected chi connectivity index (χ0v) is 11.6. The third-order valence-electron chi connectivity index (χ3n) is 4.09. The van der Waals surface area contributed by atoms with E-state index in [1.165, 1.54) is 4.90 Å². The van der Waals surface area contributed by atoms with Gasteiger partial charge in [-0.25, -0.2) is 4.90 Å². The molecule has 5 nitrogen and oxygen atoms in total. The summed E-state index contributed by atoms with van der Waals surface area (Å²) in [5, 5.41) is 2.77. The molecule has 0 atom stereocenters. The highest BCUT2D eigenvalue weighted by atomic mass is 16.2. The summed E-state index contributed by atoms with van der Waals surface area (Å²) in [5.41, 5.74) is 2.61. The maximum absolute atomic E-state index is 12.6. The molecule has 0 saturated carbocycles. The van der Waals surface area contributed by atoms with E-state index in [4.69, 9.17) is 0 Å². The number of rotatable bonds is 1. The van der Waals surface area contributed by atoms with Crippen LogP contribution in [0.2, 0.25) is 0 Å². The van der Waals surface area contributed by atoms with Crippen LogP contribution in [0.3, 0.4) is 0 Å². The second-order valence-corrected chi connectivity index (χ2v) is 5.30. The fraction of sp³-hybridized carbons (Fsp3) is 0.118. The third kappa shape index (κ3) is 1.62. The van der Waals surface area contributed by atoms with E-state index in [9.17, 15) is 14.4 Å². The van der Waals surface area contributed by atoms with Crippen molar-refractivity contribution in [1.82, 2.24) is 5.32 Å². The van der Waals surface area contributed by atoms with Gasteiger partial charge in [0.2, 0.25) is 0 Å². The fourth-order valence-electron chi connectivity index (χ4n) is 3.06. The van der Waals surface area contributed by atoms with Crippen molar-refractivity contribution in [3.8, 4) is 0 Å². The zero-order chi connectivity index (χ0) is 15.3. The van der Waals surface area contributed by atoms with Crippen molar-refractivity contribution in [2.45, 2.75) is 6.42 Å². The van der Waals surface area contributed by atoms with Crippen molar-refractivity contribution in [3.63, 3.8) is 0 Å². The molecule has 0 fully saturated rings. The van der Waals surface area contributed by atoms with Gasteiger partial charge in [0.1, 0.15) is 0 Å². The summed E-state index contributed by atoms with van der Waals surface area (Å²) in [5.74, 6) is -0.834. The average molecular weight is 292 g/mol. The Bertz CT molecular complexity index is 807. The van der Waals surface area contributed by atoms with Crippen LogP contribution in [0.25, 0.3) is 0 Å². The Morgan fingerprint density at radius 3 is 2.14 bits per heavy atom. The molecule has 2 heterocycles. The van der Waals surface area contributed by atoms with Gasteiger partial charge in [-0.2, -0.15) is 0 Å². The number of anilines is 1. The highest BCUT2D eigenvalue weighted by molar-refractivity contribution is 6.34. The van der Waals surface area contributed by atoms with Crippen molar-refractivity contribution >= 4 is 23.4 Å². The minimum atomic E-state index is -0.333. The van der Waals surface area contributed by atoms with Crippen LogP contribution in [-0.2, 0) is 6.42 Å². The molecule has 2 aliphatic heterocycles. The summed E-state index contributed by atoms with van der Waals surface area (Å²) in [7, 11) is 0. The van der Waals surface area contributed by atoms with Gasteiger partial charge in [0.15, 0.2) is 0 Å². The van der Waals surface area contributed by atoms with E-state index in [0.717, 1.165) is 5.56 Å². The van der Waals surface area contributed by atoms with Gasteiger partial charge < -0.3 is 5.32 Å². The smallest absolute Gasteiger partial charge is 0.266 e. The molecule has 0 radical (unpaired) electrons. The summed E-state index contributed by atoms with van der Waals surface area (Å²) >= 11 is 0. The Hall–Kier alpha value is -2.95. The lowest BCUT2D eigenvalue weighted by atomic mass is 9.97. The number of nitrogens with one attached hydrogen (secondary N) is 1. The molecule has 108 valence electrons. The first-order valence-corrected chi connectivity index (χ1v) is 7.06. The monoisotopic (exact) mass is 292 g/mol. The SMILES string of the molecule is O=C1NCCc2c1cccc2N1C(=O)c2ccccc2C1=O. The van der Waals surface area contributed by atoms with Gasteiger partial charge in [-0.1, -0.05) is 18.2 Å². The number of imide groups is 1. The summed E-state index contributed by atoms with van der Waals surface area (Å²) < 4.78 is 0. The van der Waals surface area contributed by atoms with Gasteiger partial charge in [-0.05, 0) is 36.2 Å². The first-order chi connectivity index (χ1) is 10.7. The Labute approximate surface area is 126 Å². The molecule has 0 bridgehead atoms. The predicted molar refractivity (Wildman–Crippen MR) is 80.1 cm³/mol. The van der Waals surface area contributed by atoms with E-state index in [1.807, 2.05) is 0 Å². The van der Waals surface area contributed by atoms with Crippen LogP contribution in [0.15, 0.2) is 42.5 Å². The molecule has 0 saturated heterocycles. The second kappa shape index (κ2) is 4.53. The predicted octanol–water partition coefficient (Wildman–Crippen LogP) is 1.77. The van der Waals surface area contributed by atoms with Gasteiger partial charge in [0, 0.05) is 12.1 Å². The van der Waals surface area contributed by atoms with Gasteiger partial charge in [0.05, 0.1) is 16.8 Å². The van der Waals surface area contributed by atoms with Crippen LogP contribution in [0.1, 0.15) is 36.6 Å². The molecule has 22 heavy (non-hydrogen) atoms. The minimum absolute atomic E-state index is 0.167. The Kier molecular flexibility index (Phi) is 2.63. The number of nitrogens with zero attached hydrogens (tertiary/aromatic N) is 1. The molecule has 2 aliphatic rings. The lowest BCUT2D eigenvalue weighted by Gasteiger charge is -2.23. The van der Waals surface area contributed by atoms with E-state index in [-0.39, 0.29) is 17.7 Å². The Morgan fingerprint density at radius 1 is 0.818 bits per heavy atom. The van der Waals surface area contributed by atoms with Crippen LogP contribution >= 0.6 is 0 Å². The minimum Gasteiger partial charge on any atom is -0.352 e.